The molecule has 1 aromatic carbocycles. The van der Waals surface area contributed by atoms with Gasteiger partial charge in [0.05, 0.1) is 15.9 Å². The van der Waals surface area contributed by atoms with Gasteiger partial charge in [0.1, 0.15) is 0 Å². The molecule has 0 saturated heterocycles. The van der Waals surface area contributed by atoms with Crippen LogP contribution in [-0.4, -0.2) is 9.85 Å². The van der Waals surface area contributed by atoms with E-state index in [1.54, 1.807) is 0 Å². The largest absolute Gasteiger partial charge is 0.276 e. The fourth-order valence-electron chi connectivity index (χ4n) is 0.720. The molecule has 0 fully saturated rings. The first kappa shape index (κ1) is 18.6. The summed E-state index contributed by atoms with van der Waals surface area (Å²) in [6.45, 7) is 0. The van der Waals surface area contributed by atoms with Gasteiger partial charge < -0.3 is 0 Å². The van der Waals surface area contributed by atoms with Crippen molar-refractivity contribution in [1.82, 2.24) is 0 Å². The van der Waals surface area contributed by atoms with Crippen molar-refractivity contribution in [2.75, 3.05) is 0 Å². The molecule has 0 N–H and O–H groups in total. The molecule has 0 aliphatic heterocycles. The minimum absolute atomic E-state index is 0. The average molecular weight is 228 g/mol. The Morgan fingerprint density at radius 3 is 1.47 bits per heavy atom. The molecule has 0 spiro atoms. The lowest BCUT2D eigenvalue weighted by atomic mass is 10.3. The number of halogens is 3. The Kier molecular flexibility index (Phi) is 8.96. The van der Waals surface area contributed by atoms with Gasteiger partial charge in [0.15, 0.2) is 0 Å². The lowest BCUT2D eigenvalue weighted by Gasteiger charge is -1.90. The van der Waals surface area contributed by atoms with E-state index in [4.69, 9.17) is 0 Å². The smallest absolute Gasteiger partial charge is 0.269 e. The summed E-state index contributed by atoms with van der Waals surface area (Å²) in [7, 11) is 0. The molecule has 1 rings (SSSR count). The van der Waals surface area contributed by atoms with Gasteiger partial charge in [0, 0.05) is 12.1 Å². The van der Waals surface area contributed by atoms with Crippen LogP contribution in [0.25, 0.3) is 0 Å². The van der Waals surface area contributed by atoms with Gasteiger partial charge in [-0.2, -0.15) is 0 Å². The van der Waals surface area contributed by atoms with Crippen LogP contribution in [0.15, 0.2) is 24.3 Å². The van der Waals surface area contributed by atoms with E-state index >= 15 is 0 Å². The maximum absolute atomic E-state index is 10.2. The molecular formula is C6H7F3N2O4. The molecule has 0 bridgehead atoms. The van der Waals surface area contributed by atoms with Crippen molar-refractivity contribution in [3.8, 4) is 0 Å². The summed E-state index contributed by atoms with van der Waals surface area (Å²) in [6.07, 6.45) is 0. The SMILES string of the molecule is F.F.F.O=[N+]([O-])c1cccc([N+](=O)[O-])c1. The Labute approximate surface area is 80.9 Å². The van der Waals surface area contributed by atoms with E-state index < -0.39 is 9.85 Å². The number of nitro groups is 2. The zero-order valence-electron chi connectivity index (χ0n) is 7.06. The molecule has 0 unspecified atom stereocenters. The molecule has 86 valence electrons. The zero-order chi connectivity index (χ0) is 9.14. The standard InChI is InChI=1S/C6H4N2O4.3FH/c9-7(10)5-2-1-3-6(4-5)8(11)12;;;/h1-4H;3*1H. The minimum Gasteiger partial charge on any atom is -0.269 e. The predicted molar refractivity (Wildman–Crippen MR) is 47.3 cm³/mol. The van der Waals surface area contributed by atoms with E-state index in [0.717, 1.165) is 6.07 Å². The van der Waals surface area contributed by atoms with Crippen LogP contribution in [0, 0.1) is 20.2 Å². The molecule has 6 nitrogen and oxygen atoms in total. The lowest BCUT2D eigenvalue weighted by Crippen LogP contribution is -1.91. The molecule has 0 aliphatic carbocycles. The first-order valence-electron chi connectivity index (χ1n) is 3.00. The average Bonchev–Trinajstić information content (AvgIpc) is 2.04. The third-order valence-electron chi connectivity index (χ3n) is 1.25. The van der Waals surface area contributed by atoms with E-state index in [-0.39, 0.29) is 25.5 Å². The quantitative estimate of drug-likeness (QED) is 0.571. The van der Waals surface area contributed by atoms with E-state index in [2.05, 4.69) is 0 Å². The fourth-order valence-corrected chi connectivity index (χ4v) is 0.720. The number of hydrogen-bond acceptors (Lipinski definition) is 4. The van der Waals surface area contributed by atoms with E-state index in [1.807, 2.05) is 0 Å². The van der Waals surface area contributed by atoms with Crippen LogP contribution in [0.3, 0.4) is 0 Å². The molecule has 1 aromatic rings. The molecule has 0 aromatic heterocycles. The van der Waals surface area contributed by atoms with Gasteiger partial charge in [-0.3, -0.25) is 34.3 Å². The molecule has 9 heteroatoms. The van der Waals surface area contributed by atoms with Gasteiger partial charge >= 0.3 is 0 Å². The van der Waals surface area contributed by atoms with Crippen LogP contribution in [0.2, 0.25) is 0 Å². The van der Waals surface area contributed by atoms with Crippen LogP contribution < -0.4 is 0 Å². The Morgan fingerprint density at radius 2 is 1.20 bits per heavy atom. The number of nitro benzene ring substituents is 2. The van der Waals surface area contributed by atoms with Crippen molar-refractivity contribution in [2.45, 2.75) is 0 Å². The summed E-state index contributed by atoms with van der Waals surface area (Å²) in [5.74, 6) is 0. The highest BCUT2D eigenvalue weighted by molar-refractivity contribution is 5.42. The fraction of sp³-hybridized carbons (Fsp3) is 0. The third kappa shape index (κ3) is 4.55. The van der Waals surface area contributed by atoms with Gasteiger partial charge in [-0.25, -0.2) is 0 Å². The second-order valence-corrected chi connectivity index (χ2v) is 2.03. The third-order valence-corrected chi connectivity index (χ3v) is 1.25. The summed E-state index contributed by atoms with van der Waals surface area (Å²) >= 11 is 0. The summed E-state index contributed by atoms with van der Waals surface area (Å²) in [6, 6.07) is 4.59. The summed E-state index contributed by atoms with van der Waals surface area (Å²) in [5.41, 5.74) is -0.548. The number of rotatable bonds is 2. The first-order valence-corrected chi connectivity index (χ1v) is 3.00. The van der Waals surface area contributed by atoms with E-state index in [0.29, 0.717) is 0 Å². The number of benzene rings is 1. The Bertz CT molecular complexity index is 318. The molecular weight excluding hydrogens is 221 g/mol. The van der Waals surface area contributed by atoms with Crippen LogP contribution in [0.4, 0.5) is 25.5 Å². The molecule has 0 aliphatic rings. The molecule has 0 atom stereocenters. The van der Waals surface area contributed by atoms with Gasteiger partial charge in [0.2, 0.25) is 0 Å². The number of nitrogens with zero attached hydrogens (tertiary/aromatic N) is 2. The molecule has 0 amide bonds. The molecule has 0 saturated carbocycles. The summed E-state index contributed by atoms with van der Waals surface area (Å²) in [5, 5.41) is 20.3. The number of hydrogen-bond donors (Lipinski definition) is 0. The highest BCUT2D eigenvalue weighted by Gasteiger charge is 2.11. The maximum Gasteiger partial charge on any atom is 0.276 e. The van der Waals surface area contributed by atoms with Crippen molar-refractivity contribution in [2.24, 2.45) is 0 Å². The first-order chi connectivity index (χ1) is 5.61. The van der Waals surface area contributed by atoms with Crippen molar-refractivity contribution in [1.29, 1.82) is 0 Å². The maximum atomic E-state index is 10.2. The van der Waals surface area contributed by atoms with E-state index in [9.17, 15) is 20.2 Å². The van der Waals surface area contributed by atoms with Crippen molar-refractivity contribution < 1.29 is 24.0 Å². The predicted octanol–water partition coefficient (Wildman–Crippen LogP) is 1.96. The monoisotopic (exact) mass is 228 g/mol. The Morgan fingerprint density at radius 1 is 0.867 bits per heavy atom. The Hall–Kier alpha value is -2.19. The van der Waals surface area contributed by atoms with Gasteiger partial charge in [-0.15, -0.1) is 0 Å². The van der Waals surface area contributed by atoms with Crippen molar-refractivity contribution in [3.63, 3.8) is 0 Å². The summed E-state index contributed by atoms with van der Waals surface area (Å²) in [4.78, 5) is 19.0. The Balaban J connectivity index is -0.000000480. The highest BCUT2D eigenvalue weighted by Crippen LogP contribution is 2.18. The topological polar surface area (TPSA) is 86.3 Å². The summed E-state index contributed by atoms with van der Waals surface area (Å²) < 4.78 is 0. The normalized spacial score (nSPS) is 7.47. The zero-order valence-corrected chi connectivity index (χ0v) is 7.06. The number of non-ortho nitro benzene ring substituents is 2. The lowest BCUT2D eigenvalue weighted by molar-refractivity contribution is -0.394. The second kappa shape index (κ2) is 7.24. The van der Waals surface area contributed by atoms with Crippen LogP contribution in [-0.2, 0) is 0 Å². The van der Waals surface area contributed by atoms with Crippen molar-refractivity contribution in [3.05, 3.63) is 44.5 Å². The van der Waals surface area contributed by atoms with Gasteiger partial charge in [0.25, 0.3) is 11.4 Å². The van der Waals surface area contributed by atoms with Crippen LogP contribution in [0.5, 0.6) is 0 Å². The van der Waals surface area contributed by atoms with Crippen LogP contribution in [0.1, 0.15) is 0 Å². The van der Waals surface area contributed by atoms with Crippen molar-refractivity contribution >= 4 is 11.4 Å². The van der Waals surface area contributed by atoms with Crippen LogP contribution >= 0.6 is 0 Å². The van der Waals surface area contributed by atoms with E-state index in [1.165, 1.54) is 18.2 Å². The van der Waals surface area contributed by atoms with Gasteiger partial charge in [-0.1, -0.05) is 0 Å². The second-order valence-electron chi connectivity index (χ2n) is 2.03. The molecule has 0 radical (unpaired) electrons. The highest BCUT2D eigenvalue weighted by atomic mass is 19.0. The van der Waals surface area contributed by atoms with Gasteiger partial charge in [-0.05, 0) is 6.07 Å². The molecule has 0 heterocycles. The molecule has 15 heavy (non-hydrogen) atoms. The minimum atomic E-state index is -0.674.